The van der Waals surface area contributed by atoms with Gasteiger partial charge in [0.1, 0.15) is 5.69 Å². The number of hydrogen-bond acceptors (Lipinski definition) is 5. The zero-order valence-corrected chi connectivity index (χ0v) is 11.9. The van der Waals surface area contributed by atoms with Gasteiger partial charge in [-0.25, -0.2) is 4.98 Å². The number of carboxylic acids is 1. The van der Waals surface area contributed by atoms with Gasteiger partial charge < -0.3 is 14.8 Å². The second kappa shape index (κ2) is 5.69. The molecule has 0 radical (unpaired) electrons. The van der Waals surface area contributed by atoms with Crippen LogP contribution in [0.15, 0.2) is 28.2 Å². The van der Waals surface area contributed by atoms with Crippen LogP contribution in [0.1, 0.15) is 29.8 Å². The lowest BCUT2D eigenvalue weighted by Gasteiger charge is -2.16. The number of thiazole rings is 1. The van der Waals surface area contributed by atoms with Crippen molar-refractivity contribution < 1.29 is 19.1 Å². The van der Waals surface area contributed by atoms with E-state index >= 15 is 0 Å². The van der Waals surface area contributed by atoms with Crippen LogP contribution in [0.5, 0.6) is 0 Å². The third-order valence-corrected chi connectivity index (χ3v) is 4.48. The van der Waals surface area contributed by atoms with Crippen LogP contribution in [0.4, 0.5) is 0 Å². The molecule has 21 heavy (non-hydrogen) atoms. The summed E-state index contributed by atoms with van der Waals surface area (Å²) in [5.41, 5.74) is 0.294. The highest BCUT2D eigenvalue weighted by atomic mass is 32.1. The second-order valence-electron chi connectivity index (χ2n) is 4.97. The minimum Gasteiger partial charge on any atom is -0.481 e. The lowest BCUT2D eigenvalue weighted by atomic mass is 10.0. The molecular weight excluding hydrogens is 292 g/mol. The van der Waals surface area contributed by atoms with E-state index in [4.69, 9.17) is 9.52 Å². The first kappa shape index (κ1) is 13.8. The molecule has 6 nitrogen and oxygen atoms in total. The first-order chi connectivity index (χ1) is 10.1. The number of amides is 1. The monoisotopic (exact) mass is 306 g/mol. The molecule has 1 saturated carbocycles. The average molecular weight is 306 g/mol. The Morgan fingerprint density at radius 1 is 1.43 bits per heavy atom. The first-order valence-corrected chi connectivity index (χ1v) is 7.56. The third kappa shape index (κ3) is 2.82. The van der Waals surface area contributed by atoms with Crippen LogP contribution in [0.2, 0.25) is 0 Å². The predicted octanol–water partition coefficient (Wildman–Crippen LogP) is 2.39. The molecule has 0 aromatic carbocycles. The summed E-state index contributed by atoms with van der Waals surface area (Å²) in [6, 6.07) is 3.22. The van der Waals surface area contributed by atoms with E-state index in [-0.39, 0.29) is 11.9 Å². The maximum atomic E-state index is 12.2. The summed E-state index contributed by atoms with van der Waals surface area (Å²) in [7, 11) is 0. The van der Waals surface area contributed by atoms with Crippen LogP contribution in [0, 0.1) is 5.92 Å². The van der Waals surface area contributed by atoms with E-state index < -0.39 is 11.9 Å². The van der Waals surface area contributed by atoms with Crippen LogP contribution in [-0.4, -0.2) is 28.0 Å². The summed E-state index contributed by atoms with van der Waals surface area (Å²) < 4.78 is 5.23. The molecule has 1 amide bonds. The molecule has 3 rings (SSSR count). The van der Waals surface area contributed by atoms with Crippen LogP contribution in [0.25, 0.3) is 10.8 Å². The van der Waals surface area contributed by atoms with E-state index in [1.807, 2.05) is 0 Å². The molecule has 2 heterocycles. The molecule has 2 N–H and O–H groups in total. The highest BCUT2D eigenvalue weighted by Crippen LogP contribution is 2.27. The summed E-state index contributed by atoms with van der Waals surface area (Å²) in [6.07, 6.45) is 3.66. The fourth-order valence-electron chi connectivity index (χ4n) is 2.56. The maximum Gasteiger partial charge on any atom is 0.308 e. The van der Waals surface area contributed by atoms with Crippen LogP contribution >= 0.6 is 11.3 Å². The minimum atomic E-state index is -0.854. The number of aliphatic carboxylic acids is 1. The Morgan fingerprint density at radius 3 is 3.00 bits per heavy atom. The van der Waals surface area contributed by atoms with Gasteiger partial charge in [-0.05, 0) is 25.0 Å². The molecule has 1 fully saturated rings. The van der Waals surface area contributed by atoms with Crippen LogP contribution < -0.4 is 5.32 Å². The second-order valence-corrected chi connectivity index (χ2v) is 5.83. The zero-order valence-electron chi connectivity index (χ0n) is 11.1. The lowest BCUT2D eigenvalue weighted by Crippen LogP contribution is -2.40. The number of aromatic nitrogens is 1. The number of carbonyl (C=O) groups is 2. The molecule has 110 valence electrons. The number of nitrogens with one attached hydrogen (secondary N) is 1. The van der Waals surface area contributed by atoms with Gasteiger partial charge in [-0.2, -0.15) is 0 Å². The summed E-state index contributed by atoms with van der Waals surface area (Å²) in [6.45, 7) is 0. The Morgan fingerprint density at radius 2 is 2.29 bits per heavy atom. The zero-order chi connectivity index (χ0) is 14.8. The minimum absolute atomic E-state index is 0.294. The van der Waals surface area contributed by atoms with Gasteiger partial charge in [0.05, 0.1) is 12.2 Å². The number of hydrogen-bond donors (Lipinski definition) is 2. The Hall–Kier alpha value is -2.15. The fraction of sp³-hybridized carbons (Fsp3) is 0.357. The van der Waals surface area contributed by atoms with Gasteiger partial charge in [-0.15, -0.1) is 11.3 Å². The smallest absolute Gasteiger partial charge is 0.308 e. The molecule has 0 aliphatic heterocycles. The first-order valence-electron chi connectivity index (χ1n) is 6.68. The summed E-state index contributed by atoms with van der Waals surface area (Å²) in [5.74, 6) is -1.07. The Kier molecular flexibility index (Phi) is 3.74. The maximum absolute atomic E-state index is 12.2. The van der Waals surface area contributed by atoms with Crippen molar-refractivity contribution >= 4 is 23.2 Å². The van der Waals surface area contributed by atoms with Gasteiger partial charge in [0.2, 0.25) is 0 Å². The van der Waals surface area contributed by atoms with Crippen molar-refractivity contribution in [1.82, 2.24) is 10.3 Å². The largest absolute Gasteiger partial charge is 0.481 e. The highest BCUT2D eigenvalue weighted by molar-refractivity contribution is 7.13. The molecule has 7 heteroatoms. The lowest BCUT2D eigenvalue weighted by molar-refractivity contribution is -0.142. The molecule has 0 spiro atoms. The summed E-state index contributed by atoms with van der Waals surface area (Å²) >= 11 is 1.32. The standard InChI is InChI=1S/C14H14N2O4S/c17-12(15-9-4-1-3-8(9)14(18)19)10-7-21-13(16-10)11-5-2-6-20-11/h2,5-9H,1,3-4H2,(H,15,17)(H,18,19). The molecule has 2 unspecified atom stereocenters. The number of furan rings is 1. The van der Waals surface area contributed by atoms with Crippen molar-refractivity contribution in [3.8, 4) is 10.8 Å². The SMILES string of the molecule is O=C(NC1CCCC1C(=O)O)c1csc(-c2ccco2)n1. The third-order valence-electron chi connectivity index (χ3n) is 3.62. The predicted molar refractivity (Wildman–Crippen MR) is 76.0 cm³/mol. The van der Waals surface area contributed by atoms with Crippen molar-refractivity contribution in [3.05, 3.63) is 29.5 Å². The topological polar surface area (TPSA) is 92.4 Å². The van der Waals surface area contributed by atoms with Crippen LogP contribution in [-0.2, 0) is 4.79 Å². The molecule has 0 saturated heterocycles. The number of rotatable bonds is 4. The quantitative estimate of drug-likeness (QED) is 0.904. The Balaban J connectivity index is 1.70. The number of nitrogens with zero attached hydrogens (tertiary/aromatic N) is 1. The molecule has 1 aliphatic rings. The van der Waals surface area contributed by atoms with Gasteiger partial charge in [-0.1, -0.05) is 6.42 Å². The molecule has 1 aliphatic carbocycles. The Bertz CT molecular complexity index is 650. The van der Waals surface area contributed by atoms with Gasteiger partial charge in [0.25, 0.3) is 5.91 Å². The summed E-state index contributed by atoms with van der Waals surface area (Å²) in [4.78, 5) is 27.5. The van der Waals surface area contributed by atoms with E-state index in [0.717, 1.165) is 6.42 Å². The van der Waals surface area contributed by atoms with E-state index in [9.17, 15) is 9.59 Å². The molecular formula is C14H14N2O4S. The molecule has 2 aromatic heterocycles. The van der Waals surface area contributed by atoms with Crippen molar-refractivity contribution in [1.29, 1.82) is 0 Å². The van der Waals surface area contributed by atoms with E-state index in [1.165, 1.54) is 11.3 Å². The summed E-state index contributed by atoms with van der Waals surface area (Å²) in [5, 5.41) is 14.2. The van der Waals surface area contributed by atoms with E-state index in [0.29, 0.717) is 29.3 Å². The normalized spacial score (nSPS) is 21.3. The van der Waals surface area contributed by atoms with Crippen molar-refractivity contribution in [3.63, 3.8) is 0 Å². The average Bonchev–Trinajstić information content (AvgIpc) is 3.19. The van der Waals surface area contributed by atoms with Gasteiger partial charge in [0.15, 0.2) is 10.8 Å². The molecule has 2 aromatic rings. The molecule has 0 bridgehead atoms. The Labute approximate surface area is 124 Å². The van der Waals surface area contributed by atoms with E-state index in [2.05, 4.69) is 10.3 Å². The number of carbonyl (C=O) groups excluding carboxylic acids is 1. The fourth-order valence-corrected chi connectivity index (χ4v) is 3.33. The van der Waals surface area contributed by atoms with E-state index in [1.54, 1.807) is 23.8 Å². The molecule has 2 atom stereocenters. The van der Waals surface area contributed by atoms with Gasteiger partial charge >= 0.3 is 5.97 Å². The number of carboxylic acid groups (broad SMARTS) is 1. The van der Waals surface area contributed by atoms with Crippen molar-refractivity contribution in [2.75, 3.05) is 0 Å². The van der Waals surface area contributed by atoms with Gasteiger partial charge in [0, 0.05) is 11.4 Å². The van der Waals surface area contributed by atoms with Crippen molar-refractivity contribution in [2.45, 2.75) is 25.3 Å². The van der Waals surface area contributed by atoms with Crippen LogP contribution in [0.3, 0.4) is 0 Å². The highest BCUT2D eigenvalue weighted by Gasteiger charge is 2.34. The van der Waals surface area contributed by atoms with Gasteiger partial charge in [-0.3, -0.25) is 9.59 Å². The van der Waals surface area contributed by atoms with Crippen molar-refractivity contribution in [2.24, 2.45) is 5.92 Å².